The molecule has 5 nitrogen and oxygen atoms in total. The van der Waals surface area contributed by atoms with Gasteiger partial charge in [-0.1, -0.05) is 63.6 Å². The summed E-state index contributed by atoms with van der Waals surface area (Å²) in [6.45, 7) is 8.68. The maximum Gasteiger partial charge on any atom is 0.123 e. The Hall–Kier alpha value is -3.54. The van der Waals surface area contributed by atoms with Gasteiger partial charge in [0.25, 0.3) is 0 Å². The van der Waals surface area contributed by atoms with Gasteiger partial charge in [-0.25, -0.2) is 4.89 Å². The van der Waals surface area contributed by atoms with E-state index in [9.17, 15) is 0 Å². The van der Waals surface area contributed by atoms with E-state index in [4.69, 9.17) is 9.99 Å². The molecule has 0 saturated carbocycles. The number of H-pyrrole nitrogens is 1. The third kappa shape index (κ3) is 5.64. The van der Waals surface area contributed by atoms with Crippen molar-refractivity contribution < 1.29 is 14.9 Å². The van der Waals surface area contributed by atoms with Crippen molar-refractivity contribution >= 4 is 21.8 Å². The normalized spacial score (nSPS) is 12.0. The predicted octanol–water partition coefficient (Wildman–Crippen LogP) is 7.71. The SMILES string of the molecule is CCCc1c(OCCc2cc3cc(CCOO)ccc3[nH]2)ccc2c1ccn2CC(C)(C)c1ccccc1. The van der Waals surface area contributed by atoms with Crippen molar-refractivity contribution in [3.05, 3.63) is 101 Å². The first-order valence-corrected chi connectivity index (χ1v) is 13.6. The van der Waals surface area contributed by atoms with Crippen LogP contribution in [0.4, 0.5) is 0 Å². The Bertz CT molecular complexity index is 1500. The fourth-order valence-electron chi connectivity index (χ4n) is 5.47. The van der Waals surface area contributed by atoms with E-state index < -0.39 is 0 Å². The van der Waals surface area contributed by atoms with Gasteiger partial charge < -0.3 is 14.3 Å². The average Bonchev–Trinajstić information content (AvgIpc) is 3.52. The summed E-state index contributed by atoms with van der Waals surface area (Å²) in [7, 11) is 0. The third-order valence-corrected chi connectivity index (χ3v) is 7.49. The van der Waals surface area contributed by atoms with Gasteiger partial charge in [0.1, 0.15) is 5.75 Å². The van der Waals surface area contributed by atoms with Gasteiger partial charge in [-0.15, -0.1) is 0 Å². The molecule has 3 aromatic carbocycles. The highest BCUT2D eigenvalue weighted by molar-refractivity contribution is 5.86. The van der Waals surface area contributed by atoms with Crippen molar-refractivity contribution in [2.45, 2.75) is 58.4 Å². The van der Waals surface area contributed by atoms with E-state index in [0.717, 1.165) is 48.3 Å². The van der Waals surface area contributed by atoms with Crippen molar-refractivity contribution in [2.24, 2.45) is 0 Å². The minimum absolute atomic E-state index is 0.0280. The molecule has 0 radical (unpaired) electrons. The summed E-state index contributed by atoms with van der Waals surface area (Å²) in [4.78, 5) is 7.74. The van der Waals surface area contributed by atoms with Crippen LogP contribution in [0.3, 0.4) is 0 Å². The van der Waals surface area contributed by atoms with Crippen LogP contribution < -0.4 is 4.74 Å². The van der Waals surface area contributed by atoms with Crippen LogP contribution in [0.15, 0.2) is 79.0 Å². The van der Waals surface area contributed by atoms with E-state index in [1.54, 1.807) is 0 Å². The van der Waals surface area contributed by atoms with Crippen molar-refractivity contribution in [2.75, 3.05) is 13.2 Å². The summed E-state index contributed by atoms with van der Waals surface area (Å²) in [5, 5.41) is 11.1. The molecule has 0 amide bonds. The standard InChI is InChI=1S/C33H38N2O3/c1-4-8-29-28-15-18-35(23-33(2,3)26-9-6-5-7-10-26)31(28)13-14-32(29)37-19-17-27-22-25-21-24(16-20-38-36)11-12-30(25)34-27/h5-7,9-15,18,21-22,34,36H,4,8,16-17,19-20,23H2,1-3H3. The number of rotatable bonds is 12. The molecule has 0 spiro atoms. The lowest BCUT2D eigenvalue weighted by Crippen LogP contribution is -2.24. The second kappa shape index (κ2) is 11.5. The van der Waals surface area contributed by atoms with Crippen LogP contribution in [0.1, 0.15) is 49.6 Å². The summed E-state index contributed by atoms with van der Waals surface area (Å²) < 4.78 is 8.77. The quantitative estimate of drug-likeness (QED) is 0.133. The molecular formula is C33H38N2O3. The molecule has 2 aromatic heterocycles. The summed E-state index contributed by atoms with van der Waals surface area (Å²) in [5.74, 6) is 0.988. The second-order valence-corrected chi connectivity index (χ2v) is 10.8. The van der Waals surface area contributed by atoms with E-state index in [-0.39, 0.29) is 5.41 Å². The molecule has 38 heavy (non-hydrogen) atoms. The van der Waals surface area contributed by atoms with E-state index in [2.05, 4.69) is 114 Å². The van der Waals surface area contributed by atoms with Crippen molar-refractivity contribution in [3.8, 4) is 5.75 Å². The molecule has 5 aromatic rings. The Labute approximate surface area is 225 Å². The van der Waals surface area contributed by atoms with Gasteiger partial charge in [0.05, 0.1) is 13.2 Å². The molecule has 0 saturated heterocycles. The second-order valence-electron chi connectivity index (χ2n) is 10.8. The van der Waals surface area contributed by atoms with Crippen molar-refractivity contribution in [3.63, 3.8) is 0 Å². The predicted molar refractivity (Wildman–Crippen MR) is 155 cm³/mol. The first-order chi connectivity index (χ1) is 18.5. The Morgan fingerprint density at radius 3 is 2.53 bits per heavy atom. The highest BCUT2D eigenvalue weighted by Gasteiger charge is 2.22. The summed E-state index contributed by atoms with van der Waals surface area (Å²) in [6.07, 6.45) is 5.78. The fraction of sp³-hybridized carbons (Fsp3) is 0.333. The third-order valence-electron chi connectivity index (χ3n) is 7.49. The number of aromatic nitrogens is 2. The highest BCUT2D eigenvalue weighted by Crippen LogP contribution is 2.33. The molecule has 5 heteroatoms. The summed E-state index contributed by atoms with van der Waals surface area (Å²) in [5.41, 5.74) is 7.36. The minimum atomic E-state index is 0.0280. The van der Waals surface area contributed by atoms with Crippen LogP contribution in [0.2, 0.25) is 0 Å². The van der Waals surface area contributed by atoms with Gasteiger partial charge in [-0.3, -0.25) is 5.26 Å². The van der Waals surface area contributed by atoms with E-state index in [1.807, 2.05) is 0 Å². The van der Waals surface area contributed by atoms with Crippen molar-refractivity contribution in [1.82, 2.24) is 9.55 Å². The number of benzene rings is 3. The Balaban J connectivity index is 1.31. The molecule has 0 unspecified atom stereocenters. The van der Waals surface area contributed by atoms with Crippen LogP contribution in [0.5, 0.6) is 5.75 Å². The number of nitrogens with zero attached hydrogens (tertiary/aromatic N) is 1. The topological polar surface area (TPSA) is 59.4 Å². The lowest BCUT2D eigenvalue weighted by molar-refractivity contribution is -0.241. The van der Waals surface area contributed by atoms with Crippen LogP contribution in [-0.4, -0.2) is 28.0 Å². The number of hydrogen-bond donors (Lipinski definition) is 2. The summed E-state index contributed by atoms with van der Waals surface area (Å²) >= 11 is 0. The Morgan fingerprint density at radius 2 is 1.74 bits per heavy atom. The largest absolute Gasteiger partial charge is 0.493 e. The lowest BCUT2D eigenvalue weighted by Gasteiger charge is -2.26. The highest BCUT2D eigenvalue weighted by atomic mass is 17.1. The molecule has 2 N–H and O–H groups in total. The van der Waals surface area contributed by atoms with Gasteiger partial charge in [-0.2, -0.15) is 0 Å². The first-order valence-electron chi connectivity index (χ1n) is 13.6. The molecule has 0 bridgehead atoms. The molecule has 0 aliphatic heterocycles. The van der Waals surface area contributed by atoms with Gasteiger partial charge >= 0.3 is 0 Å². The van der Waals surface area contributed by atoms with E-state index >= 15 is 0 Å². The number of aryl methyl sites for hydroxylation is 1. The number of ether oxygens (including phenoxy) is 1. The fourth-order valence-corrected chi connectivity index (χ4v) is 5.47. The van der Waals surface area contributed by atoms with Crippen LogP contribution >= 0.6 is 0 Å². The zero-order valence-corrected chi connectivity index (χ0v) is 22.7. The van der Waals surface area contributed by atoms with Gasteiger partial charge in [-0.05, 0) is 65.8 Å². The smallest absolute Gasteiger partial charge is 0.123 e. The van der Waals surface area contributed by atoms with Crippen LogP contribution in [0, 0.1) is 0 Å². The number of aromatic amines is 1. The molecule has 0 atom stereocenters. The zero-order chi connectivity index (χ0) is 26.5. The number of hydrogen-bond acceptors (Lipinski definition) is 3. The molecule has 2 heterocycles. The number of fused-ring (bicyclic) bond motifs is 2. The average molecular weight is 511 g/mol. The lowest BCUT2D eigenvalue weighted by atomic mass is 9.84. The molecule has 0 aliphatic rings. The first kappa shape index (κ1) is 26.1. The number of nitrogens with one attached hydrogen (secondary N) is 1. The summed E-state index contributed by atoms with van der Waals surface area (Å²) in [6, 6.07) is 25.9. The minimum Gasteiger partial charge on any atom is -0.493 e. The molecule has 5 rings (SSSR count). The Kier molecular flexibility index (Phi) is 7.87. The monoisotopic (exact) mass is 510 g/mol. The molecule has 198 valence electrons. The van der Waals surface area contributed by atoms with E-state index in [0.29, 0.717) is 19.6 Å². The van der Waals surface area contributed by atoms with Gasteiger partial charge in [0.2, 0.25) is 0 Å². The maximum absolute atomic E-state index is 8.62. The zero-order valence-electron chi connectivity index (χ0n) is 22.7. The Morgan fingerprint density at radius 1 is 0.895 bits per heavy atom. The molecular weight excluding hydrogens is 472 g/mol. The molecule has 0 aliphatic carbocycles. The van der Waals surface area contributed by atoms with Crippen LogP contribution in [-0.2, 0) is 36.1 Å². The van der Waals surface area contributed by atoms with Crippen molar-refractivity contribution in [1.29, 1.82) is 0 Å². The molecule has 0 fully saturated rings. The van der Waals surface area contributed by atoms with E-state index in [1.165, 1.54) is 27.4 Å². The van der Waals surface area contributed by atoms with Gasteiger partial charge in [0, 0.05) is 52.3 Å². The van der Waals surface area contributed by atoms with Gasteiger partial charge in [0.15, 0.2) is 0 Å². The van der Waals surface area contributed by atoms with Crippen LogP contribution in [0.25, 0.3) is 21.8 Å². The maximum atomic E-state index is 8.62.